The molecule has 39 heavy (non-hydrogen) atoms. The van der Waals surface area contributed by atoms with E-state index in [4.69, 9.17) is 20.2 Å². The van der Waals surface area contributed by atoms with Gasteiger partial charge in [-0.15, -0.1) is 0 Å². The largest absolute Gasteiger partial charge is 0.383 e. The van der Waals surface area contributed by atoms with Crippen molar-refractivity contribution in [2.24, 2.45) is 5.73 Å². The first-order valence-corrected chi connectivity index (χ1v) is 12.9. The molecule has 5 rings (SSSR count). The number of anilines is 4. The summed E-state index contributed by atoms with van der Waals surface area (Å²) in [7, 11) is 1.64. The summed E-state index contributed by atoms with van der Waals surface area (Å²) in [4.78, 5) is 34.5. The molecule has 10 nitrogen and oxygen atoms in total. The van der Waals surface area contributed by atoms with E-state index in [1.807, 2.05) is 30.3 Å². The normalized spacial score (nSPS) is 13.4. The van der Waals surface area contributed by atoms with Crippen molar-refractivity contribution in [2.45, 2.75) is 6.42 Å². The molecule has 0 bridgehead atoms. The van der Waals surface area contributed by atoms with Crippen molar-refractivity contribution in [2.75, 3.05) is 62.1 Å². The molecule has 0 saturated carbocycles. The van der Waals surface area contributed by atoms with Gasteiger partial charge in [-0.2, -0.15) is 0 Å². The highest BCUT2D eigenvalue weighted by Gasteiger charge is 2.16. The zero-order chi connectivity index (χ0) is 27.2. The highest BCUT2D eigenvalue weighted by Crippen LogP contribution is 2.29. The second-order valence-corrected chi connectivity index (χ2v) is 9.35. The number of amides is 1. The number of nitrogens with two attached hydrogens (primary N) is 1. The Balaban J connectivity index is 1.50. The van der Waals surface area contributed by atoms with Gasteiger partial charge in [-0.05, 0) is 65.4 Å². The van der Waals surface area contributed by atoms with E-state index < -0.39 is 5.91 Å². The van der Waals surface area contributed by atoms with Gasteiger partial charge in [0.15, 0.2) is 0 Å². The van der Waals surface area contributed by atoms with Gasteiger partial charge >= 0.3 is 0 Å². The molecule has 0 atom stereocenters. The van der Waals surface area contributed by atoms with Crippen LogP contribution in [0.1, 0.15) is 21.5 Å². The molecule has 0 spiro atoms. The molecular weight excluding hydrogens is 496 g/mol. The summed E-state index contributed by atoms with van der Waals surface area (Å²) in [5.74, 6) is 0.615. The molecular formula is C29H32N6O4. The Morgan fingerprint density at radius 3 is 2.56 bits per heavy atom. The number of primary amides is 1. The Morgan fingerprint density at radius 1 is 1.13 bits per heavy atom. The molecule has 4 aromatic rings. The van der Waals surface area contributed by atoms with E-state index in [2.05, 4.69) is 32.7 Å². The molecule has 5 N–H and O–H groups in total. The van der Waals surface area contributed by atoms with Gasteiger partial charge < -0.3 is 35.7 Å². The van der Waals surface area contributed by atoms with Crippen LogP contribution in [-0.2, 0) is 15.9 Å². The smallest absolute Gasteiger partial charge is 0.259 e. The summed E-state index contributed by atoms with van der Waals surface area (Å²) in [6, 6.07) is 17.1. The van der Waals surface area contributed by atoms with Gasteiger partial charge in [-0.1, -0.05) is 12.1 Å². The molecule has 1 fully saturated rings. The van der Waals surface area contributed by atoms with Crippen molar-refractivity contribution >= 4 is 39.7 Å². The summed E-state index contributed by atoms with van der Waals surface area (Å²) >= 11 is 0. The van der Waals surface area contributed by atoms with Gasteiger partial charge in [0.1, 0.15) is 11.6 Å². The first-order valence-electron chi connectivity index (χ1n) is 12.9. The molecule has 202 valence electrons. The van der Waals surface area contributed by atoms with Crippen LogP contribution in [0.2, 0.25) is 0 Å². The van der Waals surface area contributed by atoms with Crippen molar-refractivity contribution in [3.8, 4) is 0 Å². The zero-order valence-electron chi connectivity index (χ0n) is 21.8. The number of methoxy groups -OCH3 is 1. The summed E-state index contributed by atoms with van der Waals surface area (Å²) in [6.45, 7) is 4.24. The third kappa shape index (κ3) is 6.19. The van der Waals surface area contributed by atoms with Gasteiger partial charge in [-0.25, -0.2) is 4.98 Å². The fourth-order valence-corrected chi connectivity index (χ4v) is 4.66. The lowest BCUT2D eigenvalue weighted by molar-refractivity contribution is 0.1000. The number of aromatic nitrogens is 2. The summed E-state index contributed by atoms with van der Waals surface area (Å²) in [5, 5.41) is 7.90. The number of rotatable bonds is 10. The first-order chi connectivity index (χ1) is 19.0. The molecule has 10 heteroatoms. The quantitative estimate of drug-likeness (QED) is 0.231. The maximum atomic E-state index is 13.1. The molecule has 1 saturated heterocycles. The minimum atomic E-state index is -0.470. The van der Waals surface area contributed by atoms with E-state index in [-0.39, 0.29) is 5.56 Å². The average molecular weight is 529 g/mol. The minimum Gasteiger partial charge on any atom is -0.383 e. The monoisotopic (exact) mass is 528 g/mol. The third-order valence-electron chi connectivity index (χ3n) is 6.72. The second-order valence-electron chi connectivity index (χ2n) is 9.35. The van der Waals surface area contributed by atoms with Crippen LogP contribution in [0, 0.1) is 0 Å². The number of hydrogen-bond donors (Lipinski definition) is 4. The molecule has 0 aliphatic carbocycles. The molecule has 0 unspecified atom stereocenters. The van der Waals surface area contributed by atoms with Crippen LogP contribution in [0.4, 0.5) is 23.0 Å². The third-order valence-corrected chi connectivity index (χ3v) is 6.72. The van der Waals surface area contributed by atoms with E-state index in [9.17, 15) is 9.59 Å². The topological polar surface area (TPSA) is 135 Å². The van der Waals surface area contributed by atoms with E-state index in [0.717, 1.165) is 54.2 Å². The van der Waals surface area contributed by atoms with Gasteiger partial charge in [0.25, 0.3) is 5.56 Å². The van der Waals surface area contributed by atoms with E-state index in [1.54, 1.807) is 25.4 Å². The Morgan fingerprint density at radius 2 is 1.87 bits per heavy atom. The van der Waals surface area contributed by atoms with Crippen molar-refractivity contribution < 1.29 is 14.3 Å². The number of nitrogens with one attached hydrogen (secondary N) is 3. The number of carbonyl (C=O) groups is 1. The standard InChI is InChI=1S/C29H32N6O4/c1-38-13-10-31-25-17-24-21(16-19-2-4-20(5-3-19)27(30)36)18-32-29(37)26(24)28(34-25)33-22-6-8-23(9-7-22)35-11-14-39-15-12-35/h2-9,17-18H,10-16H2,1H3,(H2,30,36)(H,32,37)(H2,31,33,34). The molecule has 3 heterocycles. The van der Waals surface area contributed by atoms with Crippen LogP contribution in [-0.4, -0.2) is 62.4 Å². The fraction of sp³-hybridized carbons (Fsp3) is 0.276. The number of carbonyl (C=O) groups excluding carboxylic acids is 1. The number of benzene rings is 2. The van der Waals surface area contributed by atoms with Crippen molar-refractivity contribution in [1.29, 1.82) is 0 Å². The Labute approximate surface area is 226 Å². The number of fused-ring (bicyclic) bond motifs is 1. The van der Waals surface area contributed by atoms with Crippen LogP contribution in [0.15, 0.2) is 65.6 Å². The number of H-pyrrole nitrogens is 1. The van der Waals surface area contributed by atoms with Gasteiger partial charge in [0.05, 0.1) is 25.2 Å². The Bertz CT molecular complexity index is 1500. The Hall–Kier alpha value is -4.41. The highest BCUT2D eigenvalue weighted by molar-refractivity contribution is 5.97. The predicted molar refractivity (Wildman–Crippen MR) is 153 cm³/mol. The van der Waals surface area contributed by atoms with E-state index in [0.29, 0.717) is 42.2 Å². The zero-order valence-corrected chi connectivity index (χ0v) is 21.8. The number of hydrogen-bond acceptors (Lipinski definition) is 8. The first kappa shape index (κ1) is 26.2. The predicted octanol–water partition coefficient (Wildman–Crippen LogP) is 3.25. The minimum absolute atomic E-state index is 0.235. The molecule has 2 aromatic carbocycles. The van der Waals surface area contributed by atoms with Gasteiger partial charge in [0.2, 0.25) is 5.91 Å². The van der Waals surface area contributed by atoms with E-state index in [1.165, 1.54) is 0 Å². The Kier molecular flexibility index (Phi) is 8.04. The number of morpholine rings is 1. The second kappa shape index (κ2) is 12.0. The fourth-order valence-electron chi connectivity index (χ4n) is 4.66. The molecule has 2 aromatic heterocycles. The lowest BCUT2D eigenvalue weighted by Gasteiger charge is -2.29. The van der Waals surface area contributed by atoms with Crippen molar-refractivity contribution in [1.82, 2.24) is 9.97 Å². The number of ether oxygens (including phenoxy) is 2. The van der Waals surface area contributed by atoms with Gasteiger partial charge in [0, 0.05) is 49.9 Å². The van der Waals surface area contributed by atoms with Crippen LogP contribution in [0.25, 0.3) is 10.8 Å². The van der Waals surface area contributed by atoms with Crippen LogP contribution in [0.5, 0.6) is 0 Å². The number of aromatic amines is 1. The average Bonchev–Trinajstić information content (AvgIpc) is 2.96. The molecule has 1 amide bonds. The van der Waals surface area contributed by atoms with Crippen molar-refractivity contribution in [3.05, 3.63) is 87.8 Å². The SMILES string of the molecule is COCCNc1cc2c(Cc3ccc(C(N)=O)cc3)c[nH]c(=O)c2c(Nc2ccc(N3CCOCC3)cc2)n1. The molecule has 0 radical (unpaired) electrons. The molecule has 1 aliphatic rings. The van der Waals surface area contributed by atoms with Crippen LogP contribution in [0.3, 0.4) is 0 Å². The lowest BCUT2D eigenvalue weighted by Crippen LogP contribution is -2.36. The summed E-state index contributed by atoms with van der Waals surface area (Å²) < 4.78 is 10.6. The van der Waals surface area contributed by atoms with Crippen molar-refractivity contribution in [3.63, 3.8) is 0 Å². The molecule has 1 aliphatic heterocycles. The number of pyridine rings is 2. The number of nitrogens with zero attached hydrogens (tertiary/aromatic N) is 2. The lowest BCUT2D eigenvalue weighted by atomic mass is 10.00. The van der Waals surface area contributed by atoms with E-state index >= 15 is 0 Å². The summed E-state index contributed by atoms with van der Waals surface area (Å²) in [6.07, 6.45) is 2.27. The van der Waals surface area contributed by atoms with Gasteiger partial charge in [-0.3, -0.25) is 9.59 Å². The summed E-state index contributed by atoms with van der Waals surface area (Å²) in [5.41, 5.74) is 9.44. The van der Waals surface area contributed by atoms with Crippen LogP contribution < -0.4 is 26.8 Å². The maximum Gasteiger partial charge on any atom is 0.259 e. The van der Waals surface area contributed by atoms with Crippen LogP contribution >= 0.6 is 0 Å². The maximum absolute atomic E-state index is 13.1. The highest BCUT2D eigenvalue weighted by atomic mass is 16.5.